The van der Waals surface area contributed by atoms with Crippen molar-refractivity contribution in [2.45, 2.75) is 26.8 Å². The van der Waals surface area contributed by atoms with Crippen LogP contribution in [-0.4, -0.2) is 11.9 Å². The fourth-order valence-electron chi connectivity index (χ4n) is 1.09. The van der Waals surface area contributed by atoms with E-state index in [0.29, 0.717) is 5.92 Å². The summed E-state index contributed by atoms with van der Waals surface area (Å²) < 4.78 is 1.08. The van der Waals surface area contributed by atoms with Crippen molar-refractivity contribution in [2.24, 2.45) is 5.92 Å². The summed E-state index contributed by atoms with van der Waals surface area (Å²) in [6.07, 6.45) is 0. The fraction of sp³-hybridized carbons (Fsp3) is 0.417. The number of rotatable bonds is 3. The highest BCUT2D eigenvalue weighted by Crippen LogP contribution is 2.08. The van der Waals surface area contributed by atoms with Crippen LogP contribution >= 0.6 is 22.6 Å². The molecule has 0 radical (unpaired) electrons. The summed E-state index contributed by atoms with van der Waals surface area (Å²) in [6.45, 7) is 6.22. The second kappa shape index (κ2) is 5.49. The molecule has 15 heavy (non-hydrogen) atoms. The Hall–Kier alpha value is -0.580. The third-order valence-electron chi connectivity index (χ3n) is 2.45. The van der Waals surface area contributed by atoms with Gasteiger partial charge in [-0.2, -0.15) is 0 Å². The quantitative estimate of drug-likeness (QED) is 0.853. The molecule has 1 atom stereocenters. The van der Waals surface area contributed by atoms with E-state index in [1.165, 1.54) is 0 Å². The first kappa shape index (κ1) is 12.5. The van der Waals surface area contributed by atoms with Crippen LogP contribution in [0.1, 0.15) is 31.1 Å². The lowest BCUT2D eigenvalue weighted by Crippen LogP contribution is -2.36. The van der Waals surface area contributed by atoms with Gasteiger partial charge in [-0.25, -0.2) is 0 Å². The molecule has 0 saturated carbocycles. The summed E-state index contributed by atoms with van der Waals surface area (Å²) in [6, 6.07) is 7.81. The predicted octanol–water partition coefficient (Wildman–Crippen LogP) is 3.07. The van der Waals surface area contributed by atoms with Gasteiger partial charge in [0, 0.05) is 15.2 Å². The average molecular weight is 317 g/mol. The van der Waals surface area contributed by atoms with Crippen LogP contribution in [0.2, 0.25) is 0 Å². The number of hydrogen-bond donors (Lipinski definition) is 1. The van der Waals surface area contributed by atoms with Crippen molar-refractivity contribution in [2.75, 3.05) is 0 Å². The smallest absolute Gasteiger partial charge is 0.251 e. The zero-order valence-electron chi connectivity index (χ0n) is 9.25. The van der Waals surface area contributed by atoms with Gasteiger partial charge in [-0.1, -0.05) is 19.9 Å². The average Bonchev–Trinajstić information content (AvgIpc) is 2.17. The maximum absolute atomic E-state index is 11.8. The molecule has 1 unspecified atom stereocenters. The molecule has 0 bridgehead atoms. The Balaban J connectivity index is 2.69. The molecular weight excluding hydrogens is 301 g/mol. The molecule has 1 amide bonds. The van der Waals surface area contributed by atoms with Crippen LogP contribution in [-0.2, 0) is 0 Å². The topological polar surface area (TPSA) is 29.1 Å². The highest BCUT2D eigenvalue weighted by Gasteiger charge is 2.12. The van der Waals surface area contributed by atoms with Gasteiger partial charge in [0.05, 0.1) is 0 Å². The maximum Gasteiger partial charge on any atom is 0.251 e. The van der Waals surface area contributed by atoms with Crippen molar-refractivity contribution in [3.05, 3.63) is 33.4 Å². The van der Waals surface area contributed by atoms with Crippen molar-refractivity contribution in [1.82, 2.24) is 5.32 Å². The first-order valence-corrected chi connectivity index (χ1v) is 6.15. The van der Waals surface area contributed by atoms with Gasteiger partial charge >= 0.3 is 0 Å². The van der Waals surface area contributed by atoms with Gasteiger partial charge in [0.1, 0.15) is 0 Å². The maximum atomic E-state index is 11.8. The molecule has 0 saturated heterocycles. The van der Waals surface area contributed by atoms with E-state index in [2.05, 4.69) is 41.8 Å². The van der Waals surface area contributed by atoms with Gasteiger partial charge in [0.25, 0.3) is 5.91 Å². The van der Waals surface area contributed by atoms with Crippen molar-refractivity contribution in [1.29, 1.82) is 0 Å². The number of nitrogens with one attached hydrogen (secondary N) is 1. The number of carbonyl (C=O) groups is 1. The molecule has 3 heteroatoms. The number of carbonyl (C=O) groups excluding carboxylic acids is 1. The number of hydrogen-bond acceptors (Lipinski definition) is 1. The minimum Gasteiger partial charge on any atom is -0.349 e. The van der Waals surface area contributed by atoms with Gasteiger partial charge in [0.2, 0.25) is 0 Å². The van der Waals surface area contributed by atoms with Crippen molar-refractivity contribution < 1.29 is 4.79 Å². The number of halogens is 1. The second-order valence-corrected chi connectivity index (χ2v) is 5.26. The molecule has 1 rings (SSSR count). The molecule has 1 aromatic carbocycles. The van der Waals surface area contributed by atoms with Crippen LogP contribution in [0.25, 0.3) is 0 Å². The lowest BCUT2D eigenvalue weighted by molar-refractivity contribution is 0.0930. The first-order chi connectivity index (χ1) is 7.00. The molecule has 0 aliphatic rings. The summed E-state index contributed by atoms with van der Waals surface area (Å²) in [5, 5.41) is 2.98. The summed E-state index contributed by atoms with van der Waals surface area (Å²) in [5.41, 5.74) is 0.731. The van der Waals surface area contributed by atoms with E-state index >= 15 is 0 Å². The molecule has 0 aliphatic heterocycles. The number of amides is 1. The van der Waals surface area contributed by atoms with E-state index in [1.807, 2.05) is 31.2 Å². The van der Waals surface area contributed by atoms with Crippen molar-refractivity contribution >= 4 is 28.5 Å². The molecule has 82 valence electrons. The standard InChI is InChI=1S/C12H16INO/c1-8(2)9(3)14-12(15)10-5-4-6-11(13)7-10/h4-9H,1-3H3,(H,14,15). The van der Waals surface area contributed by atoms with Crippen LogP contribution < -0.4 is 5.32 Å². The third kappa shape index (κ3) is 3.81. The SMILES string of the molecule is CC(C)C(C)NC(=O)c1cccc(I)c1. The Bertz CT molecular complexity index is 349. The molecular formula is C12H16INO. The lowest BCUT2D eigenvalue weighted by Gasteiger charge is -2.17. The molecule has 1 aromatic rings. The Morgan fingerprint density at radius 2 is 2.00 bits per heavy atom. The van der Waals surface area contributed by atoms with E-state index < -0.39 is 0 Å². The third-order valence-corrected chi connectivity index (χ3v) is 3.12. The van der Waals surface area contributed by atoms with Crippen LogP contribution in [0.15, 0.2) is 24.3 Å². The van der Waals surface area contributed by atoms with Gasteiger partial charge < -0.3 is 5.32 Å². The van der Waals surface area contributed by atoms with Crippen molar-refractivity contribution in [3.63, 3.8) is 0 Å². The zero-order chi connectivity index (χ0) is 11.4. The minimum absolute atomic E-state index is 0.00900. The van der Waals surface area contributed by atoms with E-state index in [4.69, 9.17) is 0 Å². The normalized spacial score (nSPS) is 12.6. The van der Waals surface area contributed by atoms with Gasteiger partial charge in [-0.3, -0.25) is 4.79 Å². The van der Waals surface area contributed by atoms with Crippen molar-refractivity contribution in [3.8, 4) is 0 Å². The van der Waals surface area contributed by atoms with E-state index in [0.717, 1.165) is 9.13 Å². The van der Waals surface area contributed by atoms with Crippen LogP contribution in [0.4, 0.5) is 0 Å². The van der Waals surface area contributed by atoms with Crippen LogP contribution in [0.3, 0.4) is 0 Å². The van der Waals surface area contributed by atoms with Gasteiger partial charge in [-0.15, -0.1) is 0 Å². The number of benzene rings is 1. The Morgan fingerprint density at radius 1 is 1.33 bits per heavy atom. The highest BCUT2D eigenvalue weighted by molar-refractivity contribution is 14.1. The molecule has 0 heterocycles. The monoisotopic (exact) mass is 317 g/mol. The Kier molecular flexibility index (Phi) is 4.57. The largest absolute Gasteiger partial charge is 0.349 e. The molecule has 0 spiro atoms. The zero-order valence-corrected chi connectivity index (χ0v) is 11.4. The summed E-state index contributed by atoms with van der Waals surface area (Å²) >= 11 is 2.21. The predicted molar refractivity (Wildman–Crippen MR) is 70.9 cm³/mol. The highest BCUT2D eigenvalue weighted by atomic mass is 127. The van der Waals surface area contributed by atoms with Gasteiger partial charge in [-0.05, 0) is 53.6 Å². The summed E-state index contributed by atoms with van der Waals surface area (Å²) in [5.74, 6) is 0.464. The van der Waals surface area contributed by atoms with E-state index in [1.54, 1.807) is 0 Å². The van der Waals surface area contributed by atoms with E-state index in [9.17, 15) is 4.79 Å². The van der Waals surface area contributed by atoms with Gasteiger partial charge in [0.15, 0.2) is 0 Å². The molecule has 0 aliphatic carbocycles. The first-order valence-electron chi connectivity index (χ1n) is 5.07. The summed E-state index contributed by atoms with van der Waals surface area (Å²) in [7, 11) is 0. The molecule has 1 N–H and O–H groups in total. The molecule has 0 fully saturated rings. The van der Waals surface area contributed by atoms with Crippen LogP contribution in [0.5, 0.6) is 0 Å². The second-order valence-electron chi connectivity index (χ2n) is 4.02. The Morgan fingerprint density at radius 3 is 2.53 bits per heavy atom. The Labute approximate surface area is 105 Å². The fourth-order valence-corrected chi connectivity index (χ4v) is 1.63. The molecule has 2 nitrogen and oxygen atoms in total. The van der Waals surface area contributed by atoms with E-state index in [-0.39, 0.29) is 11.9 Å². The van der Waals surface area contributed by atoms with Crippen LogP contribution in [0, 0.1) is 9.49 Å². The minimum atomic E-state index is 0.00900. The summed E-state index contributed by atoms with van der Waals surface area (Å²) in [4.78, 5) is 11.8. The lowest BCUT2D eigenvalue weighted by atomic mass is 10.1. The molecule has 0 aromatic heterocycles.